The summed E-state index contributed by atoms with van der Waals surface area (Å²) in [5.74, 6) is -0.293. The molecular formula is C21H30O2S2. The van der Waals surface area contributed by atoms with E-state index in [0.717, 1.165) is 12.8 Å². The Hall–Kier alpha value is -1.13. The fraction of sp³-hybridized carbons (Fsp3) is 0.571. The zero-order valence-electron chi connectivity index (χ0n) is 16.2. The number of aryl methyl sites for hydroxylation is 2. The van der Waals surface area contributed by atoms with Gasteiger partial charge >= 0.3 is 5.97 Å². The molecule has 0 spiro atoms. The van der Waals surface area contributed by atoms with E-state index < -0.39 is 5.97 Å². The van der Waals surface area contributed by atoms with Crippen LogP contribution in [-0.2, 0) is 23.1 Å². The molecule has 25 heavy (non-hydrogen) atoms. The highest BCUT2D eigenvalue weighted by Gasteiger charge is 2.23. The highest BCUT2D eigenvalue weighted by Crippen LogP contribution is 2.43. The van der Waals surface area contributed by atoms with Crippen LogP contribution in [0, 0.1) is 0 Å². The first-order valence-electron chi connectivity index (χ1n) is 9.11. The van der Waals surface area contributed by atoms with E-state index in [1.807, 2.05) is 22.7 Å². The van der Waals surface area contributed by atoms with Gasteiger partial charge < -0.3 is 5.11 Å². The highest BCUT2D eigenvalue weighted by molar-refractivity contribution is 7.22. The lowest BCUT2D eigenvalue weighted by Gasteiger charge is -2.18. The Morgan fingerprint density at radius 2 is 1.68 bits per heavy atom. The molecule has 0 saturated heterocycles. The largest absolute Gasteiger partial charge is 0.481 e. The first-order chi connectivity index (χ1) is 11.6. The summed E-state index contributed by atoms with van der Waals surface area (Å²) in [6.07, 6.45) is 3.11. The van der Waals surface area contributed by atoms with Gasteiger partial charge in [0.05, 0.1) is 0 Å². The zero-order chi connectivity index (χ0) is 18.8. The summed E-state index contributed by atoms with van der Waals surface area (Å²) in [6.45, 7) is 13.5. The van der Waals surface area contributed by atoms with E-state index in [1.54, 1.807) is 0 Å². The van der Waals surface area contributed by atoms with Gasteiger partial charge in [-0.1, -0.05) is 48.0 Å². The number of hydrogen-bond donors (Lipinski definition) is 1. The summed E-state index contributed by atoms with van der Waals surface area (Å²) in [4.78, 5) is 16.4. The summed E-state index contributed by atoms with van der Waals surface area (Å²) in [5.41, 5.74) is 2.85. The lowest BCUT2D eigenvalue weighted by molar-refractivity contribution is -0.136. The molecule has 0 fully saturated rings. The second kappa shape index (κ2) is 8.05. The minimum Gasteiger partial charge on any atom is -0.481 e. The van der Waals surface area contributed by atoms with E-state index in [4.69, 9.17) is 5.11 Å². The third kappa shape index (κ3) is 4.95. The average Bonchev–Trinajstić information content (AvgIpc) is 3.08. The predicted molar refractivity (Wildman–Crippen MR) is 110 cm³/mol. The Labute approximate surface area is 159 Å². The minimum atomic E-state index is -0.723. The molecule has 2 heterocycles. The molecule has 2 nitrogen and oxygen atoms in total. The van der Waals surface area contributed by atoms with Gasteiger partial charge in [0.2, 0.25) is 0 Å². The Bertz CT molecular complexity index is 730. The van der Waals surface area contributed by atoms with Gasteiger partial charge in [-0.2, -0.15) is 0 Å². The van der Waals surface area contributed by atoms with Gasteiger partial charge in [0, 0.05) is 25.9 Å². The molecule has 2 aromatic rings. The SMILES string of the molecule is CCCc1cc(-c2cc(CCC(=O)O)c(C(C)C)s2)sc1C(C)(C)C. The van der Waals surface area contributed by atoms with Crippen molar-refractivity contribution >= 4 is 28.6 Å². The van der Waals surface area contributed by atoms with Crippen molar-refractivity contribution in [3.8, 4) is 9.75 Å². The summed E-state index contributed by atoms with van der Waals surface area (Å²) in [7, 11) is 0. The Kier molecular flexibility index (Phi) is 6.50. The molecule has 0 aliphatic heterocycles. The van der Waals surface area contributed by atoms with Gasteiger partial charge in [-0.3, -0.25) is 4.79 Å². The van der Waals surface area contributed by atoms with E-state index in [9.17, 15) is 4.79 Å². The van der Waals surface area contributed by atoms with E-state index in [0.29, 0.717) is 12.3 Å². The first kappa shape index (κ1) is 20.2. The van der Waals surface area contributed by atoms with Crippen LogP contribution in [0.5, 0.6) is 0 Å². The van der Waals surface area contributed by atoms with Crippen LogP contribution in [-0.4, -0.2) is 11.1 Å². The van der Waals surface area contributed by atoms with Gasteiger partial charge in [-0.15, -0.1) is 22.7 Å². The lowest BCUT2D eigenvalue weighted by Crippen LogP contribution is -2.11. The van der Waals surface area contributed by atoms with Crippen LogP contribution >= 0.6 is 22.7 Å². The molecular weight excluding hydrogens is 348 g/mol. The van der Waals surface area contributed by atoms with Crippen molar-refractivity contribution < 1.29 is 9.90 Å². The van der Waals surface area contributed by atoms with Crippen molar-refractivity contribution in [2.45, 2.75) is 78.6 Å². The molecule has 0 aliphatic carbocycles. The molecule has 0 atom stereocenters. The van der Waals surface area contributed by atoms with Gasteiger partial charge in [-0.05, 0) is 47.4 Å². The third-order valence-corrected chi connectivity index (χ3v) is 7.50. The smallest absolute Gasteiger partial charge is 0.303 e. The first-order valence-corrected chi connectivity index (χ1v) is 10.7. The van der Waals surface area contributed by atoms with E-state index in [-0.39, 0.29) is 11.8 Å². The van der Waals surface area contributed by atoms with Crippen molar-refractivity contribution in [3.63, 3.8) is 0 Å². The minimum absolute atomic E-state index is 0.164. The van der Waals surface area contributed by atoms with Crippen molar-refractivity contribution in [1.29, 1.82) is 0 Å². The standard InChI is InChI=1S/C21H30O2S2/c1-7-8-15-12-17(25-20(15)21(4,5)6)16-11-14(9-10-18(22)23)19(24-16)13(2)3/h11-13H,7-10H2,1-6H3,(H,22,23). The van der Waals surface area contributed by atoms with Crippen LogP contribution < -0.4 is 0 Å². The molecule has 1 N–H and O–H groups in total. The molecule has 0 saturated carbocycles. The van der Waals surface area contributed by atoms with Crippen LogP contribution in [0.1, 0.15) is 81.2 Å². The fourth-order valence-corrected chi connectivity index (χ4v) is 5.68. The van der Waals surface area contributed by atoms with Gasteiger partial charge in [0.1, 0.15) is 0 Å². The molecule has 0 aromatic carbocycles. The summed E-state index contributed by atoms with van der Waals surface area (Å²) < 4.78 is 0. The Morgan fingerprint density at radius 1 is 1.08 bits per heavy atom. The number of carboxylic acid groups (broad SMARTS) is 1. The number of carboxylic acids is 1. The number of hydrogen-bond acceptors (Lipinski definition) is 3. The lowest BCUT2D eigenvalue weighted by atomic mass is 9.90. The second-order valence-electron chi connectivity index (χ2n) is 8.01. The Balaban J connectivity index is 2.44. The molecule has 0 aliphatic rings. The van der Waals surface area contributed by atoms with Crippen LogP contribution in [0.15, 0.2) is 12.1 Å². The van der Waals surface area contributed by atoms with Crippen molar-refractivity contribution in [3.05, 3.63) is 33.0 Å². The van der Waals surface area contributed by atoms with Gasteiger partial charge in [0.15, 0.2) is 0 Å². The third-order valence-electron chi connectivity index (χ3n) is 4.23. The number of thiophene rings is 2. The number of carbonyl (C=O) groups is 1. The summed E-state index contributed by atoms with van der Waals surface area (Å²) >= 11 is 3.75. The average molecular weight is 379 g/mol. The second-order valence-corrected chi connectivity index (χ2v) is 10.1. The van der Waals surface area contributed by atoms with Gasteiger partial charge in [-0.25, -0.2) is 0 Å². The fourth-order valence-electron chi connectivity index (χ4n) is 3.13. The molecule has 0 bridgehead atoms. The zero-order valence-corrected chi connectivity index (χ0v) is 17.9. The molecule has 138 valence electrons. The van der Waals surface area contributed by atoms with Crippen molar-refractivity contribution in [1.82, 2.24) is 0 Å². The molecule has 2 aromatic heterocycles. The van der Waals surface area contributed by atoms with Crippen molar-refractivity contribution in [2.75, 3.05) is 0 Å². The maximum atomic E-state index is 11.0. The number of aliphatic carboxylic acids is 1. The van der Waals surface area contributed by atoms with Crippen LogP contribution in [0.4, 0.5) is 0 Å². The van der Waals surface area contributed by atoms with Crippen molar-refractivity contribution in [2.24, 2.45) is 0 Å². The van der Waals surface area contributed by atoms with E-state index in [2.05, 4.69) is 53.7 Å². The summed E-state index contributed by atoms with van der Waals surface area (Å²) in [5, 5.41) is 9.02. The van der Waals surface area contributed by atoms with Crippen LogP contribution in [0.25, 0.3) is 9.75 Å². The summed E-state index contributed by atoms with van der Waals surface area (Å²) in [6, 6.07) is 4.60. The van der Waals surface area contributed by atoms with Gasteiger partial charge in [0.25, 0.3) is 0 Å². The number of rotatable bonds is 7. The van der Waals surface area contributed by atoms with E-state index in [1.165, 1.54) is 30.6 Å². The molecule has 4 heteroatoms. The maximum Gasteiger partial charge on any atom is 0.303 e. The van der Waals surface area contributed by atoms with Crippen LogP contribution in [0.2, 0.25) is 0 Å². The van der Waals surface area contributed by atoms with E-state index >= 15 is 0 Å². The normalized spacial score (nSPS) is 12.1. The molecule has 2 rings (SSSR count). The quantitative estimate of drug-likeness (QED) is 0.571. The highest BCUT2D eigenvalue weighted by atomic mass is 32.1. The van der Waals surface area contributed by atoms with Crippen LogP contribution in [0.3, 0.4) is 0 Å². The maximum absolute atomic E-state index is 11.0. The molecule has 0 amide bonds. The Morgan fingerprint density at radius 3 is 2.20 bits per heavy atom. The molecule has 0 unspecified atom stereocenters. The monoisotopic (exact) mass is 378 g/mol. The predicted octanol–water partition coefficient (Wildman–Crippen LogP) is 6.87. The molecule has 0 radical (unpaired) electrons. The topological polar surface area (TPSA) is 37.3 Å².